The lowest BCUT2D eigenvalue weighted by Gasteiger charge is -2.10. The molecule has 0 bridgehead atoms. The third kappa shape index (κ3) is 5.03. The monoisotopic (exact) mass is 262 g/mol. The molecule has 1 fully saturated rings. The molecule has 0 spiro atoms. The van der Waals surface area contributed by atoms with E-state index in [9.17, 15) is 4.79 Å². The van der Waals surface area contributed by atoms with E-state index in [1.165, 1.54) is 12.8 Å². The van der Waals surface area contributed by atoms with E-state index in [-0.39, 0.29) is 5.78 Å². The zero-order valence-corrected chi connectivity index (χ0v) is 11.6. The van der Waals surface area contributed by atoms with Crippen molar-refractivity contribution in [3.05, 3.63) is 29.8 Å². The number of rotatable bonds is 7. The Morgan fingerprint density at radius 2 is 2.16 bits per heavy atom. The Balaban J connectivity index is 1.66. The first-order valence-electron chi connectivity index (χ1n) is 7.07. The minimum atomic E-state index is 0.185. The van der Waals surface area contributed by atoms with E-state index < -0.39 is 0 Å². The molecule has 0 saturated carbocycles. The Morgan fingerprint density at radius 3 is 2.79 bits per heavy atom. The van der Waals surface area contributed by atoms with Crippen LogP contribution in [0.5, 0.6) is 5.75 Å². The maximum atomic E-state index is 11.0. The molecule has 3 heteroatoms. The Hall–Kier alpha value is -1.35. The van der Waals surface area contributed by atoms with Crippen LogP contribution in [0.3, 0.4) is 0 Å². The number of benzene rings is 1. The van der Waals surface area contributed by atoms with Gasteiger partial charge in [0.25, 0.3) is 0 Å². The lowest BCUT2D eigenvalue weighted by Crippen LogP contribution is -2.07. The van der Waals surface area contributed by atoms with E-state index >= 15 is 0 Å². The Labute approximate surface area is 114 Å². The average Bonchev–Trinajstić information content (AvgIpc) is 2.89. The zero-order valence-electron chi connectivity index (χ0n) is 11.6. The summed E-state index contributed by atoms with van der Waals surface area (Å²) in [7, 11) is 0. The molecule has 1 unspecified atom stereocenters. The molecule has 2 rings (SSSR count). The summed E-state index contributed by atoms with van der Waals surface area (Å²) < 4.78 is 11.3. The smallest absolute Gasteiger partial charge is 0.134 e. The van der Waals surface area contributed by atoms with Gasteiger partial charge in [-0.3, -0.25) is 4.79 Å². The lowest BCUT2D eigenvalue weighted by atomic mass is 10.1. The standard InChI is InChI=1S/C16H22O3/c1-13(17)12-14-6-8-16(9-7-14)19-11-3-5-15-4-2-10-18-15/h6-9,15H,2-5,10-12H2,1H3. The van der Waals surface area contributed by atoms with E-state index in [1.807, 2.05) is 24.3 Å². The topological polar surface area (TPSA) is 35.5 Å². The van der Waals surface area contributed by atoms with Gasteiger partial charge in [0.05, 0.1) is 12.7 Å². The molecule has 104 valence electrons. The van der Waals surface area contributed by atoms with Crippen LogP contribution < -0.4 is 4.74 Å². The minimum Gasteiger partial charge on any atom is -0.494 e. The summed E-state index contributed by atoms with van der Waals surface area (Å²) in [6.45, 7) is 3.25. The number of ether oxygens (including phenoxy) is 2. The summed E-state index contributed by atoms with van der Waals surface area (Å²) in [4.78, 5) is 11.0. The van der Waals surface area contributed by atoms with Gasteiger partial charge in [0.15, 0.2) is 0 Å². The SMILES string of the molecule is CC(=O)Cc1ccc(OCCCC2CCCO2)cc1. The number of carbonyl (C=O) groups is 1. The maximum Gasteiger partial charge on any atom is 0.134 e. The predicted octanol–water partition coefficient (Wildman–Crippen LogP) is 3.16. The van der Waals surface area contributed by atoms with E-state index in [0.717, 1.165) is 37.4 Å². The van der Waals surface area contributed by atoms with Gasteiger partial charge in [-0.1, -0.05) is 12.1 Å². The number of ketones is 1. The van der Waals surface area contributed by atoms with Crippen molar-refractivity contribution in [2.75, 3.05) is 13.2 Å². The second-order valence-electron chi connectivity index (χ2n) is 5.15. The third-order valence-corrected chi connectivity index (χ3v) is 3.34. The van der Waals surface area contributed by atoms with Crippen LogP contribution in [0, 0.1) is 0 Å². The van der Waals surface area contributed by atoms with Crippen LogP contribution in [0.25, 0.3) is 0 Å². The first-order valence-corrected chi connectivity index (χ1v) is 7.07. The number of hydrogen-bond donors (Lipinski definition) is 0. The summed E-state index contributed by atoms with van der Waals surface area (Å²) in [6.07, 6.45) is 5.45. The zero-order chi connectivity index (χ0) is 13.5. The molecule has 1 atom stereocenters. The second kappa shape index (κ2) is 7.29. The summed E-state index contributed by atoms with van der Waals surface area (Å²) in [5.74, 6) is 1.06. The van der Waals surface area contributed by atoms with Gasteiger partial charge in [-0.2, -0.15) is 0 Å². The average molecular weight is 262 g/mol. The van der Waals surface area contributed by atoms with Gasteiger partial charge in [-0.15, -0.1) is 0 Å². The largest absolute Gasteiger partial charge is 0.494 e. The van der Waals surface area contributed by atoms with Crippen LogP contribution in [0.1, 0.15) is 38.2 Å². The summed E-state index contributed by atoms with van der Waals surface area (Å²) >= 11 is 0. The van der Waals surface area contributed by atoms with Crippen molar-refractivity contribution in [2.24, 2.45) is 0 Å². The highest BCUT2D eigenvalue weighted by Gasteiger charge is 2.14. The van der Waals surface area contributed by atoms with Crippen molar-refractivity contribution < 1.29 is 14.3 Å². The lowest BCUT2D eigenvalue weighted by molar-refractivity contribution is -0.116. The molecule has 1 aromatic carbocycles. The van der Waals surface area contributed by atoms with Crippen molar-refractivity contribution >= 4 is 5.78 Å². The van der Waals surface area contributed by atoms with Gasteiger partial charge in [0.2, 0.25) is 0 Å². The van der Waals surface area contributed by atoms with Gasteiger partial charge < -0.3 is 9.47 Å². The molecule has 3 nitrogen and oxygen atoms in total. The van der Waals surface area contributed by atoms with Crippen molar-refractivity contribution in [1.82, 2.24) is 0 Å². The summed E-state index contributed by atoms with van der Waals surface area (Å²) in [6, 6.07) is 7.78. The fraction of sp³-hybridized carbons (Fsp3) is 0.562. The van der Waals surface area contributed by atoms with Gasteiger partial charge in [0, 0.05) is 13.0 Å². The van der Waals surface area contributed by atoms with Crippen molar-refractivity contribution in [3.63, 3.8) is 0 Å². The fourth-order valence-corrected chi connectivity index (χ4v) is 2.36. The van der Waals surface area contributed by atoms with E-state index in [2.05, 4.69) is 0 Å². The van der Waals surface area contributed by atoms with Gasteiger partial charge in [-0.25, -0.2) is 0 Å². The molecule has 0 radical (unpaired) electrons. The van der Waals surface area contributed by atoms with E-state index in [0.29, 0.717) is 12.5 Å². The first kappa shape index (κ1) is 14.1. The molecule has 0 aromatic heterocycles. The first-order chi connectivity index (χ1) is 9.24. The van der Waals surface area contributed by atoms with Gasteiger partial charge >= 0.3 is 0 Å². The fourth-order valence-electron chi connectivity index (χ4n) is 2.36. The molecule has 1 saturated heterocycles. The van der Waals surface area contributed by atoms with Crippen LogP contribution in [-0.2, 0) is 16.0 Å². The van der Waals surface area contributed by atoms with Gasteiger partial charge in [-0.05, 0) is 50.3 Å². The van der Waals surface area contributed by atoms with E-state index in [1.54, 1.807) is 6.92 Å². The predicted molar refractivity (Wildman–Crippen MR) is 74.5 cm³/mol. The van der Waals surface area contributed by atoms with Crippen molar-refractivity contribution in [1.29, 1.82) is 0 Å². The third-order valence-electron chi connectivity index (χ3n) is 3.34. The number of carbonyl (C=O) groups excluding carboxylic acids is 1. The molecule has 0 amide bonds. The van der Waals surface area contributed by atoms with E-state index in [4.69, 9.17) is 9.47 Å². The van der Waals surface area contributed by atoms with Crippen LogP contribution in [0.15, 0.2) is 24.3 Å². The summed E-state index contributed by atoms with van der Waals surface area (Å²) in [5, 5.41) is 0. The van der Waals surface area contributed by atoms with Crippen molar-refractivity contribution in [2.45, 2.75) is 45.1 Å². The number of Topliss-reactive ketones (excluding diaryl/α,β-unsaturated/α-hetero) is 1. The normalized spacial score (nSPS) is 18.5. The van der Waals surface area contributed by atoms with Crippen LogP contribution >= 0.6 is 0 Å². The molecule has 1 aliphatic heterocycles. The Bertz CT molecular complexity index is 391. The molecule has 1 aliphatic rings. The molecular formula is C16H22O3. The van der Waals surface area contributed by atoms with Crippen LogP contribution in [0.4, 0.5) is 0 Å². The highest BCUT2D eigenvalue weighted by atomic mass is 16.5. The minimum absolute atomic E-state index is 0.185. The molecule has 0 N–H and O–H groups in total. The van der Waals surface area contributed by atoms with Gasteiger partial charge in [0.1, 0.15) is 11.5 Å². The molecule has 1 heterocycles. The molecule has 19 heavy (non-hydrogen) atoms. The molecule has 1 aromatic rings. The Kier molecular flexibility index (Phi) is 5.40. The highest BCUT2D eigenvalue weighted by molar-refractivity contribution is 5.78. The molecule has 0 aliphatic carbocycles. The molecular weight excluding hydrogens is 240 g/mol. The maximum absolute atomic E-state index is 11.0. The van der Waals surface area contributed by atoms with Crippen molar-refractivity contribution in [3.8, 4) is 5.75 Å². The Morgan fingerprint density at radius 1 is 1.37 bits per heavy atom. The second-order valence-corrected chi connectivity index (χ2v) is 5.15. The number of hydrogen-bond acceptors (Lipinski definition) is 3. The van der Waals surface area contributed by atoms with Crippen LogP contribution in [0.2, 0.25) is 0 Å². The highest BCUT2D eigenvalue weighted by Crippen LogP contribution is 2.18. The summed E-state index contributed by atoms with van der Waals surface area (Å²) in [5.41, 5.74) is 1.04. The quantitative estimate of drug-likeness (QED) is 0.708. The van der Waals surface area contributed by atoms with Crippen LogP contribution in [-0.4, -0.2) is 25.1 Å².